The third kappa shape index (κ3) is 4.35. The number of benzene rings is 1. The molecule has 0 aliphatic carbocycles. The van der Waals surface area contributed by atoms with E-state index < -0.39 is 0 Å². The van der Waals surface area contributed by atoms with E-state index in [1.807, 2.05) is 45.2 Å². The second-order valence-electron chi connectivity index (χ2n) is 5.00. The smallest absolute Gasteiger partial charge is 0.243 e. The Bertz CT molecular complexity index is 592. The van der Waals surface area contributed by atoms with E-state index in [2.05, 4.69) is 26.0 Å². The lowest BCUT2D eigenvalue weighted by Crippen LogP contribution is -2.38. The number of rotatable bonds is 6. The minimum absolute atomic E-state index is 0.0648. The molecule has 0 aliphatic heterocycles. The fraction of sp³-hybridized carbons (Fsp3) is 0.429. The molecule has 0 fully saturated rings. The molecule has 1 unspecified atom stereocenters. The summed E-state index contributed by atoms with van der Waals surface area (Å²) in [6, 6.07) is 8.07. The highest BCUT2D eigenvalue weighted by molar-refractivity contribution is 5.75. The van der Waals surface area contributed by atoms with Crippen LogP contribution in [0.2, 0.25) is 0 Å². The van der Waals surface area contributed by atoms with Crippen LogP contribution >= 0.6 is 0 Å². The SMILES string of the molecule is CNC(C)CNC(=O)Cn1nnc(-c2ccc(C)cc2)n1. The summed E-state index contributed by atoms with van der Waals surface area (Å²) in [7, 11) is 1.85. The van der Waals surface area contributed by atoms with Crippen molar-refractivity contribution in [1.29, 1.82) is 0 Å². The van der Waals surface area contributed by atoms with Crippen molar-refractivity contribution < 1.29 is 4.79 Å². The molecule has 0 aliphatic rings. The third-order valence-electron chi connectivity index (χ3n) is 3.15. The molecule has 1 aromatic carbocycles. The lowest BCUT2D eigenvalue weighted by molar-refractivity contribution is -0.122. The molecule has 0 spiro atoms. The van der Waals surface area contributed by atoms with Crippen LogP contribution in [0.3, 0.4) is 0 Å². The highest BCUT2D eigenvalue weighted by atomic mass is 16.2. The molecule has 2 rings (SSSR count). The van der Waals surface area contributed by atoms with Gasteiger partial charge in [0.1, 0.15) is 6.54 Å². The standard InChI is InChI=1S/C14H20N6O/c1-10-4-6-12(7-5-10)14-17-19-20(18-14)9-13(21)16-8-11(2)15-3/h4-7,11,15H,8-9H2,1-3H3,(H,16,21). The Morgan fingerprint density at radius 3 is 2.71 bits per heavy atom. The van der Waals surface area contributed by atoms with Gasteiger partial charge < -0.3 is 10.6 Å². The number of tetrazole rings is 1. The van der Waals surface area contributed by atoms with Crippen LogP contribution in [0.5, 0.6) is 0 Å². The number of aromatic nitrogens is 4. The highest BCUT2D eigenvalue weighted by Gasteiger charge is 2.09. The second kappa shape index (κ2) is 6.94. The molecule has 1 amide bonds. The molecular weight excluding hydrogens is 268 g/mol. The molecule has 2 N–H and O–H groups in total. The zero-order chi connectivity index (χ0) is 15.2. The van der Waals surface area contributed by atoms with Crippen LogP contribution in [0.1, 0.15) is 12.5 Å². The number of carbonyl (C=O) groups excluding carboxylic acids is 1. The summed E-state index contributed by atoms with van der Waals surface area (Å²) >= 11 is 0. The van der Waals surface area contributed by atoms with E-state index in [-0.39, 0.29) is 18.5 Å². The van der Waals surface area contributed by atoms with Gasteiger partial charge in [0, 0.05) is 18.2 Å². The Morgan fingerprint density at radius 2 is 2.05 bits per heavy atom. The Kier molecular flexibility index (Phi) is 4.99. The molecule has 7 nitrogen and oxygen atoms in total. The molecule has 7 heteroatoms. The summed E-state index contributed by atoms with van der Waals surface area (Å²) in [4.78, 5) is 13.1. The lowest BCUT2D eigenvalue weighted by atomic mass is 10.1. The van der Waals surface area contributed by atoms with Crippen LogP contribution in [0.4, 0.5) is 0 Å². The quantitative estimate of drug-likeness (QED) is 0.802. The molecule has 1 atom stereocenters. The minimum atomic E-state index is -0.134. The van der Waals surface area contributed by atoms with Gasteiger partial charge in [0.2, 0.25) is 11.7 Å². The number of likely N-dealkylation sites (N-methyl/N-ethyl adjacent to an activating group) is 1. The van der Waals surface area contributed by atoms with E-state index in [1.165, 1.54) is 10.4 Å². The van der Waals surface area contributed by atoms with Gasteiger partial charge in [-0.1, -0.05) is 29.8 Å². The summed E-state index contributed by atoms with van der Waals surface area (Å²) in [5.41, 5.74) is 2.06. The van der Waals surface area contributed by atoms with Crippen molar-refractivity contribution in [2.24, 2.45) is 0 Å². The van der Waals surface area contributed by atoms with Gasteiger partial charge in [-0.3, -0.25) is 4.79 Å². The fourth-order valence-corrected chi connectivity index (χ4v) is 1.68. The Morgan fingerprint density at radius 1 is 1.33 bits per heavy atom. The molecule has 0 radical (unpaired) electrons. The van der Waals surface area contributed by atoms with Crippen molar-refractivity contribution in [3.63, 3.8) is 0 Å². The predicted octanol–water partition coefficient (Wildman–Crippen LogP) is 0.373. The van der Waals surface area contributed by atoms with Gasteiger partial charge in [-0.2, -0.15) is 4.80 Å². The molecule has 1 aromatic heterocycles. The molecule has 112 valence electrons. The first-order valence-electron chi connectivity index (χ1n) is 6.87. The summed E-state index contributed by atoms with van der Waals surface area (Å²) in [6.45, 7) is 4.64. The summed E-state index contributed by atoms with van der Waals surface area (Å²) in [6.07, 6.45) is 0. The van der Waals surface area contributed by atoms with Crippen LogP contribution in [0.25, 0.3) is 11.4 Å². The van der Waals surface area contributed by atoms with Gasteiger partial charge in [-0.15, -0.1) is 10.2 Å². The van der Waals surface area contributed by atoms with Gasteiger partial charge in [0.15, 0.2) is 0 Å². The van der Waals surface area contributed by atoms with Gasteiger partial charge in [0.05, 0.1) is 0 Å². The van der Waals surface area contributed by atoms with E-state index in [4.69, 9.17) is 0 Å². The van der Waals surface area contributed by atoms with Crippen LogP contribution in [0.15, 0.2) is 24.3 Å². The van der Waals surface area contributed by atoms with Crippen molar-refractivity contribution in [2.75, 3.05) is 13.6 Å². The monoisotopic (exact) mass is 288 g/mol. The van der Waals surface area contributed by atoms with Crippen LogP contribution in [0, 0.1) is 6.92 Å². The van der Waals surface area contributed by atoms with Crippen molar-refractivity contribution in [3.8, 4) is 11.4 Å². The molecule has 1 heterocycles. The van der Waals surface area contributed by atoms with Crippen molar-refractivity contribution in [3.05, 3.63) is 29.8 Å². The van der Waals surface area contributed by atoms with Crippen molar-refractivity contribution in [1.82, 2.24) is 30.8 Å². The Hall–Kier alpha value is -2.28. The van der Waals surface area contributed by atoms with Gasteiger partial charge in [0.25, 0.3) is 0 Å². The molecule has 0 saturated heterocycles. The number of nitrogens with one attached hydrogen (secondary N) is 2. The predicted molar refractivity (Wildman–Crippen MR) is 79.5 cm³/mol. The van der Waals surface area contributed by atoms with Crippen molar-refractivity contribution in [2.45, 2.75) is 26.4 Å². The van der Waals surface area contributed by atoms with E-state index in [0.29, 0.717) is 12.4 Å². The van der Waals surface area contributed by atoms with E-state index in [0.717, 1.165) is 5.56 Å². The maximum absolute atomic E-state index is 11.8. The van der Waals surface area contributed by atoms with Gasteiger partial charge >= 0.3 is 0 Å². The topological polar surface area (TPSA) is 84.7 Å². The van der Waals surface area contributed by atoms with E-state index in [9.17, 15) is 4.79 Å². The third-order valence-corrected chi connectivity index (χ3v) is 3.15. The first-order valence-corrected chi connectivity index (χ1v) is 6.87. The second-order valence-corrected chi connectivity index (χ2v) is 5.00. The summed E-state index contributed by atoms with van der Waals surface area (Å²) in [5, 5.41) is 17.9. The molecule has 0 saturated carbocycles. The number of hydrogen-bond acceptors (Lipinski definition) is 5. The van der Waals surface area contributed by atoms with E-state index in [1.54, 1.807) is 0 Å². The largest absolute Gasteiger partial charge is 0.353 e. The maximum Gasteiger partial charge on any atom is 0.243 e. The number of aryl methyl sites for hydroxylation is 1. The lowest BCUT2D eigenvalue weighted by Gasteiger charge is -2.10. The first kappa shape index (κ1) is 15.1. The molecule has 0 bridgehead atoms. The average Bonchev–Trinajstić information content (AvgIpc) is 2.94. The summed E-state index contributed by atoms with van der Waals surface area (Å²) < 4.78 is 0. The van der Waals surface area contributed by atoms with Crippen LogP contribution in [-0.2, 0) is 11.3 Å². The average molecular weight is 288 g/mol. The zero-order valence-corrected chi connectivity index (χ0v) is 12.5. The Balaban J connectivity index is 1.94. The normalized spacial score (nSPS) is 12.1. The summed E-state index contributed by atoms with van der Waals surface area (Å²) in [5.74, 6) is 0.386. The van der Waals surface area contributed by atoms with Crippen molar-refractivity contribution >= 4 is 5.91 Å². The molecule has 2 aromatic rings. The zero-order valence-electron chi connectivity index (χ0n) is 12.5. The van der Waals surface area contributed by atoms with Crippen LogP contribution < -0.4 is 10.6 Å². The maximum atomic E-state index is 11.8. The highest BCUT2D eigenvalue weighted by Crippen LogP contribution is 2.13. The number of nitrogens with zero attached hydrogens (tertiary/aromatic N) is 4. The van der Waals surface area contributed by atoms with E-state index >= 15 is 0 Å². The minimum Gasteiger partial charge on any atom is -0.353 e. The fourth-order valence-electron chi connectivity index (χ4n) is 1.68. The molecular formula is C14H20N6O. The molecule has 21 heavy (non-hydrogen) atoms. The first-order chi connectivity index (χ1) is 10.1. The number of amides is 1. The van der Waals surface area contributed by atoms with Gasteiger partial charge in [-0.25, -0.2) is 0 Å². The van der Waals surface area contributed by atoms with Crippen LogP contribution in [-0.4, -0.2) is 45.7 Å². The number of carbonyl (C=O) groups is 1. The Labute approximate surface area is 123 Å². The van der Waals surface area contributed by atoms with Gasteiger partial charge in [-0.05, 0) is 26.1 Å². The number of hydrogen-bond donors (Lipinski definition) is 2.